The molecule has 1 fully saturated rings. The minimum absolute atomic E-state index is 0.134. The third kappa shape index (κ3) is 4.68. The van der Waals surface area contributed by atoms with Gasteiger partial charge in [-0.05, 0) is 32.4 Å². The van der Waals surface area contributed by atoms with Crippen LogP contribution in [0, 0.1) is 0 Å². The predicted octanol–water partition coefficient (Wildman–Crippen LogP) is -0.394. The minimum Gasteiger partial charge on any atom is -0.480 e. The lowest BCUT2D eigenvalue weighted by Gasteiger charge is -2.35. The fourth-order valence-corrected chi connectivity index (χ4v) is 2.23. The van der Waals surface area contributed by atoms with E-state index in [1.54, 1.807) is 4.90 Å². The van der Waals surface area contributed by atoms with Gasteiger partial charge in [-0.25, -0.2) is 9.59 Å². The summed E-state index contributed by atoms with van der Waals surface area (Å²) in [4.78, 5) is 24.6. The van der Waals surface area contributed by atoms with Gasteiger partial charge < -0.3 is 25.7 Å². The van der Waals surface area contributed by atoms with Crippen molar-refractivity contribution in [2.45, 2.75) is 38.3 Å². The first-order chi connectivity index (χ1) is 9.10. The van der Waals surface area contributed by atoms with E-state index in [4.69, 9.17) is 10.2 Å². The molecule has 1 atom stereocenters. The van der Waals surface area contributed by atoms with Gasteiger partial charge in [0.15, 0.2) is 6.04 Å². The van der Waals surface area contributed by atoms with Crippen LogP contribution in [0.25, 0.3) is 0 Å². The van der Waals surface area contributed by atoms with Crippen molar-refractivity contribution in [3.8, 4) is 0 Å². The van der Waals surface area contributed by atoms with Crippen molar-refractivity contribution in [2.24, 2.45) is 0 Å². The largest absolute Gasteiger partial charge is 0.480 e. The Bertz CT molecular complexity index is 305. The van der Waals surface area contributed by atoms with E-state index in [0.717, 1.165) is 32.4 Å². The maximum atomic E-state index is 12.1. The second-order valence-corrected chi connectivity index (χ2v) is 4.70. The normalized spacial score (nSPS) is 17.8. The number of carboxylic acids is 1. The van der Waals surface area contributed by atoms with Crippen LogP contribution in [-0.2, 0) is 4.79 Å². The van der Waals surface area contributed by atoms with Crippen LogP contribution < -0.4 is 10.6 Å². The summed E-state index contributed by atoms with van der Waals surface area (Å²) >= 11 is 0. The van der Waals surface area contributed by atoms with Crippen molar-refractivity contribution in [2.75, 3.05) is 26.2 Å². The van der Waals surface area contributed by atoms with Crippen LogP contribution in [0.1, 0.15) is 26.2 Å². The molecule has 0 aliphatic carbocycles. The molecule has 7 nitrogen and oxygen atoms in total. The summed E-state index contributed by atoms with van der Waals surface area (Å²) < 4.78 is 0. The number of aliphatic carboxylic acids is 1. The van der Waals surface area contributed by atoms with Crippen molar-refractivity contribution in [3.05, 3.63) is 0 Å². The summed E-state index contributed by atoms with van der Waals surface area (Å²) in [6.07, 6.45) is 2.54. The summed E-state index contributed by atoms with van der Waals surface area (Å²) in [5, 5.41) is 23.4. The molecule has 0 radical (unpaired) electrons. The van der Waals surface area contributed by atoms with Crippen molar-refractivity contribution in [1.82, 2.24) is 15.5 Å². The Balaban J connectivity index is 2.63. The topological polar surface area (TPSA) is 102 Å². The number of nitrogens with zero attached hydrogens (tertiary/aromatic N) is 1. The zero-order valence-electron chi connectivity index (χ0n) is 11.3. The Hall–Kier alpha value is -1.34. The van der Waals surface area contributed by atoms with Crippen molar-refractivity contribution < 1.29 is 19.8 Å². The predicted molar refractivity (Wildman–Crippen MR) is 69.9 cm³/mol. The van der Waals surface area contributed by atoms with Gasteiger partial charge in [-0.1, -0.05) is 6.92 Å². The van der Waals surface area contributed by atoms with Gasteiger partial charge in [0.25, 0.3) is 0 Å². The minimum atomic E-state index is -1.24. The van der Waals surface area contributed by atoms with Crippen LogP contribution in [0.15, 0.2) is 0 Å². The molecule has 110 valence electrons. The quantitative estimate of drug-likeness (QED) is 0.528. The number of amides is 2. The second kappa shape index (κ2) is 7.96. The third-order valence-electron chi connectivity index (χ3n) is 3.25. The molecule has 2 amide bonds. The number of nitrogens with one attached hydrogen (secondary N) is 2. The molecule has 1 heterocycles. The number of hydrogen-bond donors (Lipinski definition) is 4. The average Bonchev–Trinajstić information content (AvgIpc) is 2.42. The smallest absolute Gasteiger partial charge is 0.328 e. The standard InChI is InChI=1S/C12H23N3O4/c1-2-7-15(9-3-5-13-6-4-9)12(19)14-10(8-16)11(17)18/h9-10,13,16H,2-8H2,1H3,(H,14,19)(H,17,18). The SMILES string of the molecule is CCCN(C(=O)NC(CO)C(=O)O)C1CCNCC1. The van der Waals surface area contributed by atoms with E-state index in [-0.39, 0.29) is 6.04 Å². The van der Waals surface area contributed by atoms with Crippen LogP contribution in [0.3, 0.4) is 0 Å². The molecule has 0 bridgehead atoms. The van der Waals surface area contributed by atoms with Crippen LogP contribution in [0.4, 0.5) is 4.79 Å². The number of aliphatic hydroxyl groups is 1. The first-order valence-electron chi connectivity index (χ1n) is 6.71. The Morgan fingerprint density at radius 2 is 2.05 bits per heavy atom. The van der Waals surface area contributed by atoms with E-state index >= 15 is 0 Å². The molecule has 1 unspecified atom stereocenters. The Morgan fingerprint density at radius 1 is 1.42 bits per heavy atom. The molecule has 4 N–H and O–H groups in total. The summed E-state index contributed by atoms with van der Waals surface area (Å²) in [6.45, 7) is 3.69. The number of hydrogen-bond acceptors (Lipinski definition) is 4. The van der Waals surface area contributed by atoms with Crippen LogP contribution >= 0.6 is 0 Å². The summed E-state index contributed by atoms with van der Waals surface area (Å²) in [5.74, 6) is -1.22. The zero-order valence-corrected chi connectivity index (χ0v) is 11.3. The highest BCUT2D eigenvalue weighted by molar-refractivity contribution is 5.82. The van der Waals surface area contributed by atoms with Gasteiger partial charge in [0, 0.05) is 12.6 Å². The molecule has 0 aromatic heterocycles. The average molecular weight is 273 g/mol. The lowest BCUT2D eigenvalue weighted by Crippen LogP contribution is -2.54. The van der Waals surface area contributed by atoms with Crippen LogP contribution in [0.2, 0.25) is 0 Å². The molecule has 0 saturated carbocycles. The third-order valence-corrected chi connectivity index (χ3v) is 3.25. The lowest BCUT2D eigenvalue weighted by molar-refractivity contribution is -0.140. The van der Waals surface area contributed by atoms with Crippen molar-refractivity contribution in [3.63, 3.8) is 0 Å². The van der Waals surface area contributed by atoms with Crippen molar-refractivity contribution >= 4 is 12.0 Å². The highest BCUT2D eigenvalue weighted by atomic mass is 16.4. The number of piperidine rings is 1. The van der Waals surface area contributed by atoms with E-state index in [2.05, 4.69) is 10.6 Å². The fraction of sp³-hybridized carbons (Fsp3) is 0.833. The molecule has 0 spiro atoms. The van der Waals surface area contributed by atoms with Gasteiger partial charge in [-0.15, -0.1) is 0 Å². The maximum absolute atomic E-state index is 12.1. The molecule has 1 aliphatic heterocycles. The van der Waals surface area contributed by atoms with Gasteiger partial charge >= 0.3 is 12.0 Å². The highest BCUT2D eigenvalue weighted by Gasteiger charge is 2.27. The van der Waals surface area contributed by atoms with E-state index < -0.39 is 24.6 Å². The highest BCUT2D eigenvalue weighted by Crippen LogP contribution is 2.12. The summed E-state index contributed by atoms with van der Waals surface area (Å²) in [5.41, 5.74) is 0. The molecule has 7 heteroatoms. The van der Waals surface area contributed by atoms with Gasteiger partial charge in [-0.2, -0.15) is 0 Å². The number of carbonyl (C=O) groups is 2. The zero-order chi connectivity index (χ0) is 14.3. The lowest BCUT2D eigenvalue weighted by atomic mass is 10.0. The molecule has 0 aromatic rings. The molecule has 1 rings (SSSR count). The molecule has 0 aromatic carbocycles. The van der Waals surface area contributed by atoms with Gasteiger partial charge in [0.05, 0.1) is 6.61 Å². The summed E-state index contributed by atoms with van der Waals surface area (Å²) in [6, 6.07) is -1.52. The van der Waals surface area contributed by atoms with Gasteiger partial charge in [0.1, 0.15) is 0 Å². The first kappa shape index (κ1) is 15.7. The maximum Gasteiger partial charge on any atom is 0.328 e. The molecule has 19 heavy (non-hydrogen) atoms. The Kier molecular flexibility index (Phi) is 6.58. The van der Waals surface area contributed by atoms with Crippen molar-refractivity contribution in [1.29, 1.82) is 0 Å². The first-order valence-corrected chi connectivity index (χ1v) is 6.71. The van der Waals surface area contributed by atoms with Gasteiger partial charge in [0.2, 0.25) is 0 Å². The molecular weight excluding hydrogens is 250 g/mol. The molecular formula is C12H23N3O4. The second-order valence-electron chi connectivity index (χ2n) is 4.70. The van der Waals surface area contributed by atoms with E-state index in [9.17, 15) is 9.59 Å². The Morgan fingerprint density at radius 3 is 2.53 bits per heavy atom. The summed E-state index contributed by atoms with van der Waals surface area (Å²) in [7, 11) is 0. The van der Waals surface area contributed by atoms with Crippen LogP contribution in [0.5, 0.6) is 0 Å². The van der Waals surface area contributed by atoms with E-state index in [0.29, 0.717) is 6.54 Å². The fourth-order valence-electron chi connectivity index (χ4n) is 2.23. The monoisotopic (exact) mass is 273 g/mol. The van der Waals surface area contributed by atoms with Gasteiger partial charge in [-0.3, -0.25) is 0 Å². The number of carbonyl (C=O) groups excluding carboxylic acids is 1. The van der Waals surface area contributed by atoms with E-state index in [1.807, 2.05) is 6.92 Å². The number of urea groups is 1. The molecule has 1 aliphatic rings. The Labute approximate surface area is 113 Å². The van der Waals surface area contributed by atoms with Crippen LogP contribution in [-0.4, -0.2) is 65.4 Å². The number of carboxylic acid groups (broad SMARTS) is 1. The van der Waals surface area contributed by atoms with E-state index in [1.165, 1.54) is 0 Å². The number of aliphatic hydroxyl groups excluding tert-OH is 1. The number of rotatable bonds is 6. The molecule has 1 saturated heterocycles.